The summed E-state index contributed by atoms with van der Waals surface area (Å²) in [5, 5.41) is 11.5. The zero-order valence-corrected chi connectivity index (χ0v) is 12.3. The van der Waals surface area contributed by atoms with Crippen molar-refractivity contribution < 1.29 is 24.2 Å². The molecule has 1 unspecified atom stereocenters. The van der Waals surface area contributed by atoms with Crippen molar-refractivity contribution in [1.82, 2.24) is 10.2 Å². The lowest BCUT2D eigenvalue weighted by atomic mass is 10.0. The number of piperidine rings is 1. The van der Waals surface area contributed by atoms with Crippen LogP contribution in [0.5, 0.6) is 0 Å². The Hall–Kier alpha value is -1.79. The summed E-state index contributed by atoms with van der Waals surface area (Å²) >= 11 is 0. The summed E-state index contributed by atoms with van der Waals surface area (Å²) in [6.07, 6.45) is 0.464. The maximum absolute atomic E-state index is 12.2. The van der Waals surface area contributed by atoms with E-state index in [2.05, 4.69) is 5.32 Å². The third-order valence-corrected chi connectivity index (χ3v) is 2.99. The lowest BCUT2D eigenvalue weighted by Gasteiger charge is -2.35. The van der Waals surface area contributed by atoms with Gasteiger partial charge in [0, 0.05) is 6.54 Å². The molecule has 114 valence electrons. The van der Waals surface area contributed by atoms with Crippen molar-refractivity contribution in [2.75, 3.05) is 6.54 Å². The van der Waals surface area contributed by atoms with Crippen LogP contribution in [-0.2, 0) is 14.3 Å². The third kappa shape index (κ3) is 4.40. The number of carboxylic acid groups (broad SMARTS) is 1. The molecule has 1 heterocycles. The van der Waals surface area contributed by atoms with Crippen LogP contribution in [-0.4, -0.2) is 52.2 Å². The molecule has 0 aromatic rings. The summed E-state index contributed by atoms with van der Waals surface area (Å²) in [4.78, 5) is 36.1. The molecule has 7 heteroatoms. The zero-order chi connectivity index (χ0) is 15.5. The Bertz CT molecular complexity index is 402. The van der Waals surface area contributed by atoms with Gasteiger partial charge in [-0.05, 0) is 40.5 Å². The summed E-state index contributed by atoms with van der Waals surface area (Å²) in [6, 6.07) is -1.62. The smallest absolute Gasteiger partial charge is 0.408 e. The highest BCUT2D eigenvalue weighted by atomic mass is 16.6. The van der Waals surface area contributed by atoms with Gasteiger partial charge in [0.1, 0.15) is 17.7 Å². The number of carboxylic acids is 1. The third-order valence-electron chi connectivity index (χ3n) is 2.99. The van der Waals surface area contributed by atoms with Crippen LogP contribution < -0.4 is 5.32 Å². The van der Waals surface area contributed by atoms with E-state index in [1.54, 1.807) is 20.8 Å². The van der Waals surface area contributed by atoms with Crippen LogP contribution in [0, 0.1) is 0 Å². The fraction of sp³-hybridized carbons (Fsp3) is 0.769. The molecule has 1 saturated heterocycles. The second-order valence-corrected chi connectivity index (χ2v) is 5.89. The average molecular weight is 286 g/mol. The van der Waals surface area contributed by atoms with Crippen molar-refractivity contribution in [2.24, 2.45) is 0 Å². The van der Waals surface area contributed by atoms with E-state index in [0.29, 0.717) is 19.4 Å². The molecule has 2 amide bonds. The Morgan fingerprint density at radius 1 is 1.45 bits per heavy atom. The Balaban J connectivity index is 2.65. The summed E-state index contributed by atoms with van der Waals surface area (Å²) in [6.45, 7) is 7.03. The number of ether oxygens (including phenoxy) is 1. The van der Waals surface area contributed by atoms with Crippen LogP contribution in [0.15, 0.2) is 0 Å². The van der Waals surface area contributed by atoms with E-state index in [1.165, 1.54) is 11.8 Å². The molecule has 0 bridgehead atoms. The number of amides is 2. The second kappa shape index (κ2) is 6.11. The van der Waals surface area contributed by atoms with Crippen LogP contribution in [0.1, 0.15) is 40.5 Å². The SMILES string of the molecule is CC(C(=O)O)N1CCC[C@H](NC(=O)OC(C)(C)C)C1=O. The monoisotopic (exact) mass is 286 g/mol. The number of hydrogen-bond acceptors (Lipinski definition) is 4. The van der Waals surface area contributed by atoms with Gasteiger partial charge >= 0.3 is 12.1 Å². The van der Waals surface area contributed by atoms with E-state index in [9.17, 15) is 14.4 Å². The highest BCUT2D eigenvalue weighted by molar-refractivity contribution is 5.89. The largest absolute Gasteiger partial charge is 0.480 e. The van der Waals surface area contributed by atoms with Crippen LogP contribution >= 0.6 is 0 Å². The van der Waals surface area contributed by atoms with Gasteiger partial charge in [0.15, 0.2) is 0 Å². The first-order valence-electron chi connectivity index (χ1n) is 6.64. The molecule has 0 aromatic heterocycles. The fourth-order valence-corrected chi connectivity index (χ4v) is 2.00. The molecule has 0 radical (unpaired) electrons. The highest BCUT2D eigenvalue weighted by Gasteiger charge is 2.35. The summed E-state index contributed by atoms with van der Waals surface area (Å²) in [5.74, 6) is -1.44. The first-order chi connectivity index (χ1) is 9.11. The summed E-state index contributed by atoms with van der Waals surface area (Å²) in [7, 11) is 0. The summed E-state index contributed by atoms with van der Waals surface area (Å²) < 4.78 is 5.09. The van der Waals surface area contributed by atoms with Crippen LogP contribution in [0.3, 0.4) is 0 Å². The number of nitrogens with zero attached hydrogens (tertiary/aromatic N) is 1. The molecule has 0 aromatic carbocycles. The van der Waals surface area contributed by atoms with Crippen molar-refractivity contribution >= 4 is 18.0 Å². The number of carbonyl (C=O) groups excluding carboxylic acids is 2. The van der Waals surface area contributed by atoms with Crippen molar-refractivity contribution in [2.45, 2.75) is 58.2 Å². The molecule has 0 spiro atoms. The van der Waals surface area contributed by atoms with E-state index >= 15 is 0 Å². The standard InChI is InChI=1S/C13H22N2O5/c1-8(11(17)18)15-7-5-6-9(10(15)16)14-12(19)20-13(2,3)4/h8-9H,5-7H2,1-4H3,(H,14,19)(H,17,18)/t8?,9-/m0/s1. The van der Waals surface area contributed by atoms with E-state index in [0.717, 1.165) is 0 Å². The van der Waals surface area contributed by atoms with Gasteiger partial charge in [-0.3, -0.25) is 4.79 Å². The lowest BCUT2D eigenvalue weighted by molar-refractivity contribution is -0.151. The number of nitrogens with one attached hydrogen (secondary N) is 1. The Labute approximate surface area is 118 Å². The topological polar surface area (TPSA) is 95.9 Å². The quantitative estimate of drug-likeness (QED) is 0.806. The molecule has 7 nitrogen and oxygen atoms in total. The minimum Gasteiger partial charge on any atom is -0.480 e. The van der Waals surface area contributed by atoms with Gasteiger partial charge in [0.2, 0.25) is 5.91 Å². The predicted molar refractivity (Wildman–Crippen MR) is 71.2 cm³/mol. The minimum absolute atomic E-state index is 0.378. The molecule has 1 fully saturated rings. The number of alkyl carbamates (subject to hydrolysis) is 1. The molecule has 0 saturated carbocycles. The van der Waals surface area contributed by atoms with E-state index in [4.69, 9.17) is 9.84 Å². The molecule has 1 aliphatic rings. The highest BCUT2D eigenvalue weighted by Crippen LogP contribution is 2.16. The molecule has 2 atom stereocenters. The van der Waals surface area contributed by atoms with Crippen LogP contribution in [0.2, 0.25) is 0 Å². The van der Waals surface area contributed by atoms with Crippen LogP contribution in [0.25, 0.3) is 0 Å². The average Bonchev–Trinajstić information content (AvgIpc) is 2.28. The minimum atomic E-state index is -1.06. The Kier molecular flexibility index (Phi) is 4.97. The van der Waals surface area contributed by atoms with Crippen LogP contribution in [0.4, 0.5) is 4.79 Å². The summed E-state index contributed by atoms with van der Waals surface area (Å²) in [5.41, 5.74) is -0.643. The van der Waals surface area contributed by atoms with Crippen molar-refractivity contribution in [3.8, 4) is 0 Å². The first kappa shape index (κ1) is 16.3. The number of hydrogen-bond donors (Lipinski definition) is 2. The maximum atomic E-state index is 12.2. The fourth-order valence-electron chi connectivity index (χ4n) is 2.00. The second-order valence-electron chi connectivity index (χ2n) is 5.89. The molecular formula is C13H22N2O5. The number of likely N-dealkylation sites (tertiary alicyclic amines) is 1. The molecule has 1 rings (SSSR count). The van der Waals surface area contributed by atoms with Gasteiger partial charge in [-0.15, -0.1) is 0 Å². The van der Waals surface area contributed by atoms with Gasteiger partial charge in [-0.2, -0.15) is 0 Å². The molecule has 2 N–H and O–H groups in total. The van der Waals surface area contributed by atoms with Crippen molar-refractivity contribution in [3.05, 3.63) is 0 Å². The van der Waals surface area contributed by atoms with Gasteiger partial charge in [0.05, 0.1) is 0 Å². The number of aliphatic carboxylic acids is 1. The van der Waals surface area contributed by atoms with E-state index < -0.39 is 29.7 Å². The van der Waals surface area contributed by atoms with E-state index in [-0.39, 0.29) is 5.91 Å². The number of rotatable bonds is 3. The molecule has 0 aliphatic carbocycles. The first-order valence-corrected chi connectivity index (χ1v) is 6.64. The Morgan fingerprint density at radius 3 is 2.55 bits per heavy atom. The van der Waals surface area contributed by atoms with Crippen molar-refractivity contribution in [1.29, 1.82) is 0 Å². The molecule has 1 aliphatic heterocycles. The van der Waals surface area contributed by atoms with E-state index in [1.807, 2.05) is 0 Å². The molecule has 20 heavy (non-hydrogen) atoms. The maximum Gasteiger partial charge on any atom is 0.408 e. The van der Waals surface area contributed by atoms with Gasteiger partial charge in [-0.25, -0.2) is 9.59 Å². The van der Waals surface area contributed by atoms with Gasteiger partial charge in [-0.1, -0.05) is 0 Å². The lowest BCUT2D eigenvalue weighted by Crippen LogP contribution is -2.56. The predicted octanol–water partition coefficient (Wildman–Crippen LogP) is 0.975. The van der Waals surface area contributed by atoms with Crippen molar-refractivity contribution in [3.63, 3.8) is 0 Å². The number of carbonyl (C=O) groups is 3. The normalized spacial score (nSPS) is 21.3. The Morgan fingerprint density at radius 2 is 2.05 bits per heavy atom. The zero-order valence-electron chi connectivity index (χ0n) is 12.3. The van der Waals surface area contributed by atoms with Gasteiger partial charge in [0.25, 0.3) is 0 Å². The molecular weight excluding hydrogens is 264 g/mol. The van der Waals surface area contributed by atoms with Gasteiger partial charge < -0.3 is 20.1 Å².